The van der Waals surface area contributed by atoms with Crippen LogP contribution in [0.15, 0.2) is 69.6 Å². The second-order valence-electron chi connectivity index (χ2n) is 6.09. The third-order valence-electron chi connectivity index (χ3n) is 3.82. The minimum Gasteiger partial charge on any atom is -0.486 e. The fourth-order valence-electron chi connectivity index (χ4n) is 2.49. The fraction of sp³-hybridized carbons (Fsp3) is 0.182. The summed E-state index contributed by atoms with van der Waals surface area (Å²) in [6.07, 6.45) is 0. The molecule has 0 aliphatic rings. The summed E-state index contributed by atoms with van der Waals surface area (Å²) in [6.45, 7) is 2.00. The molecule has 0 bridgehead atoms. The molecule has 0 atom stereocenters. The Bertz CT molecular complexity index is 1020. The number of amides is 1. The van der Waals surface area contributed by atoms with Crippen LogP contribution in [0.4, 0.5) is 5.69 Å². The van der Waals surface area contributed by atoms with Crippen molar-refractivity contribution in [3.8, 4) is 11.5 Å². The number of nitrogens with one attached hydrogen (secondary N) is 1. The van der Waals surface area contributed by atoms with E-state index < -0.39 is 11.9 Å². The molecule has 1 heterocycles. The normalized spacial score (nSPS) is 10.3. The molecule has 156 valence electrons. The second kappa shape index (κ2) is 10.5. The van der Waals surface area contributed by atoms with Gasteiger partial charge in [0.1, 0.15) is 23.9 Å². The molecule has 2 aromatic carbocycles. The van der Waals surface area contributed by atoms with Gasteiger partial charge in [0.15, 0.2) is 12.4 Å². The van der Waals surface area contributed by atoms with Crippen LogP contribution < -0.4 is 14.8 Å². The van der Waals surface area contributed by atoms with Gasteiger partial charge in [0.2, 0.25) is 0 Å². The summed E-state index contributed by atoms with van der Waals surface area (Å²) in [4.78, 5) is 23.8. The van der Waals surface area contributed by atoms with Gasteiger partial charge in [0.05, 0.1) is 6.61 Å². The SMILES string of the molecule is CCOC(=O)COc1cccc(NC(=O)c2ccc(COc3cccc(Br)c3)o2)c1. The van der Waals surface area contributed by atoms with Gasteiger partial charge < -0.3 is 23.9 Å². The molecule has 0 aliphatic carbocycles. The highest BCUT2D eigenvalue weighted by molar-refractivity contribution is 9.10. The Kier molecular flexibility index (Phi) is 7.51. The number of hydrogen-bond acceptors (Lipinski definition) is 6. The van der Waals surface area contributed by atoms with Crippen LogP contribution in [0.5, 0.6) is 11.5 Å². The molecule has 0 saturated carbocycles. The Morgan fingerprint density at radius 3 is 2.53 bits per heavy atom. The lowest BCUT2D eigenvalue weighted by molar-refractivity contribution is -0.145. The summed E-state index contributed by atoms with van der Waals surface area (Å²) < 4.78 is 22.3. The van der Waals surface area contributed by atoms with Crippen molar-refractivity contribution in [1.82, 2.24) is 0 Å². The van der Waals surface area contributed by atoms with E-state index in [0.29, 0.717) is 22.9 Å². The highest BCUT2D eigenvalue weighted by atomic mass is 79.9. The minimum absolute atomic E-state index is 0.153. The molecular formula is C22H20BrNO6. The van der Waals surface area contributed by atoms with E-state index in [0.717, 1.165) is 4.47 Å². The van der Waals surface area contributed by atoms with E-state index in [1.807, 2.05) is 24.3 Å². The summed E-state index contributed by atoms with van der Waals surface area (Å²) >= 11 is 3.38. The van der Waals surface area contributed by atoms with Gasteiger partial charge in [-0.2, -0.15) is 0 Å². The zero-order chi connectivity index (χ0) is 21.3. The number of carbonyl (C=O) groups excluding carboxylic acids is 2. The average molecular weight is 474 g/mol. The van der Waals surface area contributed by atoms with Gasteiger partial charge in [0, 0.05) is 16.2 Å². The molecule has 0 spiro atoms. The van der Waals surface area contributed by atoms with Crippen LogP contribution in [-0.4, -0.2) is 25.1 Å². The number of hydrogen-bond donors (Lipinski definition) is 1. The van der Waals surface area contributed by atoms with Crippen LogP contribution in [0.3, 0.4) is 0 Å². The zero-order valence-electron chi connectivity index (χ0n) is 16.2. The van der Waals surface area contributed by atoms with Gasteiger partial charge in [-0.25, -0.2) is 4.79 Å². The molecule has 1 aromatic heterocycles. The summed E-state index contributed by atoms with van der Waals surface area (Å²) in [5.41, 5.74) is 0.504. The van der Waals surface area contributed by atoms with Gasteiger partial charge in [0.25, 0.3) is 5.91 Å². The Morgan fingerprint density at radius 2 is 1.77 bits per heavy atom. The number of carbonyl (C=O) groups is 2. The molecule has 1 N–H and O–H groups in total. The fourth-order valence-corrected chi connectivity index (χ4v) is 2.87. The molecular weight excluding hydrogens is 454 g/mol. The highest BCUT2D eigenvalue weighted by Crippen LogP contribution is 2.21. The minimum atomic E-state index is -0.458. The van der Waals surface area contributed by atoms with Crippen molar-refractivity contribution in [3.05, 3.63) is 76.7 Å². The van der Waals surface area contributed by atoms with Crippen molar-refractivity contribution in [2.75, 3.05) is 18.5 Å². The van der Waals surface area contributed by atoms with E-state index >= 15 is 0 Å². The van der Waals surface area contributed by atoms with Crippen LogP contribution in [0.25, 0.3) is 0 Å². The number of ether oxygens (including phenoxy) is 3. The predicted molar refractivity (Wildman–Crippen MR) is 114 cm³/mol. The third-order valence-corrected chi connectivity index (χ3v) is 4.31. The maximum atomic E-state index is 12.4. The molecule has 7 nitrogen and oxygen atoms in total. The van der Waals surface area contributed by atoms with Crippen LogP contribution in [0.2, 0.25) is 0 Å². The summed E-state index contributed by atoms with van der Waals surface area (Å²) in [6, 6.07) is 17.4. The predicted octanol–water partition coefficient (Wildman–Crippen LogP) is 4.82. The van der Waals surface area contributed by atoms with E-state index in [4.69, 9.17) is 18.6 Å². The van der Waals surface area contributed by atoms with E-state index in [9.17, 15) is 9.59 Å². The average Bonchev–Trinajstić information content (AvgIpc) is 3.21. The molecule has 0 radical (unpaired) electrons. The van der Waals surface area contributed by atoms with Crippen LogP contribution in [-0.2, 0) is 16.1 Å². The first-order chi connectivity index (χ1) is 14.5. The van der Waals surface area contributed by atoms with Crippen molar-refractivity contribution in [3.63, 3.8) is 0 Å². The molecule has 0 unspecified atom stereocenters. The van der Waals surface area contributed by atoms with Gasteiger partial charge in [-0.05, 0) is 49.4 Å². The molecule has 0 fully saturated rings. The molecule has 3 aromatic rings. The monoisotopic (exact) mass is 473 g/mol. The van der Waals surface area contributed by atoms with Crippen molar-refractivity contribution < 1.29 is 28.2 Å². The number of rotatable bonds is 9. The van der Waals surface area contributed by atoms with Gasteiger partial charge >= 0.3 is 5.97 Å². The Morgan fingerprint density at radius 1 is 1.00 bits per heavy atom. The standard InChI is InChI=1S/C22H20BrNO6/c1-2-27-21(25)14-29-18-8-4-6-16(12-18)24-22(26)20-10-9-19(30-20)13-28-17-7-3-5-15(23)11-17/h3-12H,2,13-14H2,1H3,(H,24,26). The van der Waals surface area contributed by atoms with Crippen LogP contribution >= 0.6 is 15.9 Å². The van der Waals surface area contributed by atoms with Crippen molar-refractivity contribution in [2.45, 2.75) is 13.5 Å². The first kappa shape index (κ1) is 21.4. The lowest BCUT2D eigenvalue weighted by Gasteiger charge is -2.08. The number of esters is 1. The second-order valence-corrected chi connectivity index (χ2v) is 7.00. The quantitative estimate of drug-likeness (QED) is 0.448. The maximum Gasteiger partial charge on any atom is 0.344 e. The van der Waals surface area contributed by atoms with Crippen molar-refractivity contribution >= 4 is 33.5 Å². The summed E-state index contributed by atoms with van der Waals surface area (Å²) in [7, 11) is 0. The van der Waals surface area contributed by atoms with Gasteiger partial charge in [-0.15, -0.1) is 0 Å². The Labute approximate surface area is 182 Å². The maximum absolute atomic E-state index is 12.4. The van der Waals surface area contributed by atoms with Gasteiger partial charge in [-0.1, -0.05) is 28.1 Å². The number of furan rings is 1. The van der Waals surface area contributed by atoms with E-state index in [1.54, 1.807) is 43.3 Å². The Balaban J connectivity index is 1.55. The molecule has 0 saturated heterocycles. The van der Waals surface area contributed by atoms with Crippen LogP contribution in [0, 0.1) is 0 Å². The van der Waals surface area contributed by atoms with Crippen molar-refractivity contribution in [2.24, 2.45) is 0 Å². The lowest BCUT2D eigenvalue weighted by Crippen LogP contribution is -2.15. The Hall–Kier alpha value is -3.26. The molecule has 30 heavy (non-hydrogen) atoms. The van der Waals surface area contributed by atoms with E-state index in [2.05, 4.69) is 21.2 Å². The number of halogens is 1. The molecule has 3 rings (SSSR count). The number of benzene rings is 2. The van der Waals surface area contributed by atoms with E-state index in [1.165, 1.54) is 0 Å². The largest absolute Gasteiger partial charge is 0.486 e. The molecule has 8 heteroatoms. The van der Waals surface area contributed by atoms with Crippen LogP contribution in [0.1, 0.15) is 23.2 Å². The lowest BCUT2D eigenvalue weighted by atomic mass is 10.3. The van der Waals surface area contributed by atoms with Crippen molar-refractivity contribution in [1.29, 1.82) is 0 Å². The van der Waals surface area contributed by atoms with E-state index in [-0.39, 0.29) is 25.6 Å². The zero-order valence-corrected chi connectivity index (χ0v) is 17.8. The molecule has 1 amide bonds. The first-order valence-corrected chi connectivity index (χ1v) is 9.99. The third kappa shape index (κ3) is 6.38. The summed E-state index contributed by atoms with van der Waals surface area (Å²) in [5, 5.41) is 2.73. The number of anilines is 1. The highest BCUT2D eigenvalue weighted by Gasteiger charge is 2.13. The smallest absolute Gasteiger partial charge is 0.344 e. The first-order valence-electron chi connectivity index (χ1n) is 9.20. The molecule has 0 aliphatic heterocycles. The summed E-state index contributed by atoms with van der Waals surface area (Å²) in [5.74, 6) is 0.925. The topological polar surface area (TPSA) is 87.0 Å². The van der Waals surface area contributed by atoms with Gasteiger partial charge in [-0.3, -0.25) is 4.79 Å².